The molecule has 27 heavy (non-hydrogen) atoms. The summed E-state index contributed by atoms with van der Waals surface area (Å²) in [6, 6.07) is 7.96. The molecule has 8 heteroatoms. The molecule has 0 atom stereocenters. The van der Waals surface area contributed by atoms with E-state index in [0.717, 1.165) is 49.9 Å². The molecule has 0 unspecified atom stereocenters. The minimum absolute atomic E-state index is 0.176. The molecule has 146 valence electrons. The molecule has 1 aromatic heterocycles. The molecule has 2 aromatic rings. The number of hydrogen-bond acceptors (Lipinski definition) is 5. The number of piperazine rings is 1. The lowest BCUT2D eigenvalue weighted by Crippen LogP contribution is -2.46. The fraction of sp³-hybridized carbons (Fsp3) is 0.526. The van der Waals surface area contributed by atoms with E-state index in [1.807, 2.05) is 25.1 Å². The highest BCUT2D eigenvalue weighted by Gasteiger charge is 2.18. The number of ketones is 1. The molecule has 0 spiro atoms. The zero-order chi connectivity index (χ0) is 19.4. The van der Waals surface area contributed by atoms with Crippen LogP contribution in [0.1, 0.15) is 30.9 Å². The van der Waals surface area contributed by atoms with Crippen LogP contribution in [0.4, 0.5) is 5.69 Å². The molecule has 1 aliphatic heterocycles. The van der Waals surface area contributed by atoms with Gasteiger partial charge in [0.25, 0.3) is 0 Å². The van der Waals surface area contributed by atoms with E-state index in [9.17, 15) is 9.59 Å². The van der Waals surface area contributed by atoms with Gasteiger partial charge in [-0.25, -0.2) is 9.48 Å². The Kier molecular flexibility index (Phi) is 6.34. The third-order valence-corrected chi connectivity index (χ3v) is 5.18. The molecule has 3 rings (SSSR count). The largest absolute Gasteiger partial charge is 0.369 e. The number of aryl methyl sites for hydroxylation is 1. The molecule has 1 aromatic carbocycles. The van der Waals surface area contributed by atoms with E-state index in [4.69, 9.17) is 11.6 Å². The second-order valence-corrected chi connectivity index (χ2v) is 7.23. The molecule has 1 aliphatic rings. The van der Waals surface area contributed by atoms with Gasteiger partial charge in [-0.15, -0.1) is 5.10 Å². The van der Waals surface area contributed by atoms with Crippen LogP contribution in [0.5, 0.6) is 0 Å². The predicted molar refractivity (Wildman–Crippen MR) is 107 cm³/mol. The van der Waals surface area contributed by atoms with Gasteiger partial charge in [-0.3, -0.25) is 14.3 Å². The van der Waals surface area contributed by atoms with Crippen LogP contribution in [0.15, 0.2) is 29.1 Å². The SMILES string of the molecule is CCn1c(C(C)=O)nn(CCCN2CCN(c3cccc(Cl)c3)CC2)c1=O. The van der Waals surface area contributed by atoms with Gasteiger partial charge >= 0.3 is 5.69 Å². The van der Waals surface area contributed by atoms with Gasteiger partial charge in [-0.2, -0.15) is 0 Å². The van der Waals surface area contributed by atoms with Gasteiger partial charge in [0.1, 0.15) is 0 Å². The van der Waals surface area contributed by atoms with Gasteiger partial charge in [-0.05, 0) is 31.5 Å². The number of rotatable bonds is 7. The maximum atomic E-state index is 12.3. The van der Waals surface area contributed by atoms with E-state index in [1.165, 1.54) is 16.2 Å². The van der Waals surface area contributed by atoms with Crippen LogP contribution in [-0.2, 0) is 13.1 Å². The van der Waals surface area contributed by atoms with Crippen molar-refractivity contribution in [3.63, 3.8) is 0 Å². The summed E-state index contributed by atoms with van der Waals surface area (Å²) < 4.78 is 2.86. The van der Waals surface area contributed by atoms with Gasteiger partial charge in [0.15, 0.2) is 5.78 Å². The summed E-state index contributed by atoms with van der Waals surface area (Å²) in [5, 5.41) is 4.96. The molecular weight excluding hydrogens is 366 g/mol. The topological polar surface area (TPSA) is 63.4 Å². The smallest absolute Gasteiger partial charge is 0.346 e. The zero-order valence-electron chi connectivity index (χ0n) is 15.9. The molecule has 1 fully saturated rings. The monoisotopic (exact) mass is 391 g/mol. The van der Waals surface area contributed by atoms with Gasteiger partial charge in [0.2, 0.25) is 5.82 Å². The van der Waals surface area contributed by atoms with E-state index in [0.29, 0.717) is 13.1 Å². The number of nitrogens with zero attached hydrogens (tertiary/aromatic N) is 5. The Labute approximate surface area is 164 Å². The third kappa shape index (κ3) is 4.59. The second kappa shape index (κ2) is 8.71. The van der Waals surface area contributed by atoms with Crippen LogP contribution in [0.3, 0.4) is 0 Å². The number of anilines is 1. The lowest BCUT2D eigenvalue weighted by Gasteiger charge is -2.36. The summed E-state index contributed by atoms with van der Waals surface area (Å²) in [5.74, 6) is 0.0717. The van der Waals surface area contributed by atoms with Crippen molar-refractivity contribution < 1.29 is 4.79 Å². The summed E-state index contributed by atoms with van der Waals surface area (Å²) in [6.45, 7) is 9.05. The highest BCUT2D eigenvalue weighted by Crippen LogP contribution is 2.20. The summed E-state index contributed by atoms with van der Waals surface area (Å²) in [7, 11) is 0. The predicted octanol–water partition coefficient (Wildman–Crippen LogP) is 2.13. The van der Waals surface area contributed by atoms with Crippen LogP contribution in [0.2, 0.25) is 5.02 Å². The summed E-state index contributed by atoms with van der Waals surface area (Å²) in [5.41, 5.74) is 0.962. The Morgan fingerprint density at radius 1 is 1.19 bits per heavy atom. The molecule has 0 saturated carbocycles. The Morgan fingerprint density at radius 3 is 2.52 bits per heavy atom. The van der Waals surface area contributed by atoms with Crippen LogP contribution in [0, 0.1) is 0 Å². The van der Waals surface area contributed by atoms with Gasteiger partial charge in [-0.1, -0.05) is 17.7 Å². The normalized spacial score (nSPS) is 15.3. The second-order valence-electron chi connectivity index (χ2n) is 6.79. The summed E-state index contributed by atoms with van der Waals surface area (Å²) in [6.07, 6.45) is 0.829. The Balaban J connectivity index is 1.50. The molecule has 0 radical (unpaired) electrons. The Morgan fingerprint density at radius 2 is 1.93 bits per heavy atom. The number of benzene rings is 1. The first-order valence-corrected chi connectivity index (χ1v) is 9.79. The van der Waals surface area contributed by atoms with Crippen molar-refractivity contribution in [3.05, 3.63) is 45.6 Å². The first-order valence-electron chi connectivity index (χ1n) is 9.41. The summed E-state index contributed by atoms with van der Waals surface area (Å²) in [4.78, 5) is 28.7. The standard InChI is InChI=1S/C19H26ClN5O2/c1-3-24-18(15(2)26)21-25(19(24)27)9-5-8-22-10-12-23(13-11-22)17-7-4-6-16(20)14-17/h4,6-7,14H,3,5,8-13H2,1-2H3. The highest BCUT2D eigenvalue weighted by molar-refractivity contribution is 6.30. The maximum absolute atomic E-state index is 12.3. The van der Waals surface area contributed by atoms with E-state index in [1.54, 1.807) is 0 Å². The quantitative estimate of drug-likeness (QED) is 0.676. The summed E-state index contributed by atoms with van der Waals surface area (Å²) >= 11 is 6.08. The minimum atomic E-state index is -0.200. The van der Waals surface area contributed by atoms with E-state index in [-0.39, 0.29) is 17.3 Å². The molecule has 0 bridgehead atoms. The van der Waals surface area contributed by atoms with Gasteiger partial charge < -0.3 is 4.90 Å². The van der Waals surface area contributed by atoms with Crippen molar-refractivity contribution in [2.24, 2.45) is 0 Å². The van der Waals surface area contributed by atoms with E-state index in [2.05, 4.69) is 21.0 Å². The number of Topliss-reactive ketones (excluding diaryl/α,β-unsaturated/α-hetero) is 1. The number of halogens is 1. The van der Waals surface area contributed by atoms with Gasteiger partial charge in [0.05, 0.1) is 0 Å². The highest BCUT2D eigenvalue weighted by atomic mass is 35.5. The van der Waals surface area contributed by atoms with Gasteiger partial charge in [0, 0.05) is 63.4 Å². The van der Waals surface area contributed by atoms with Crippen LogP contribution in [-0.4, -0.2) is 57.8 Å². The molecular formula is C19H26ClN5O2. The van der Waals surface area contributed by atoms with E-state index < -0.39 is 0 Å². The number of aromatic nitrogens is 3. The molecule has 0 N–H and O–H groups in total. The Hall–Kier alpha value is -2.12. The van der Waals surface area contributed by atoms with Crippen LogP contribution in [0.25, 0.3) is 0 Å². The maximum Gasteiger partial charge on any atom is 0.346 e. The first-order chi connectivity index (χ1) is 13.0. The molecule has 2 heterocycles. The van der Waals surface area contributed by atoms with Crippen molar-refractivity contribution in [3.8, 4) is 0 Å². The van der Waals surface area contributed by atoms with Crippen molar-refractivity contribution in [2.75, 3.05) is 37.6 Å². The number of carbonyl (C=O) groups excluding carboxylic acids is 1. The molecule has 0 amide bonds. The molecule has 1 saturated heterocycles. The van der Waals surface area contributed by atoms with E-state index >= 15 is 0 Å². The van der Waals surface area contributed by atoms with Crippen LogP contribution >= 0.6 is 11.6 Å². The van der Waals surface area contributed by atoms with Crippen LogP contribution < -0.4 is 10.6 Å². The van der Waals surface area contributed by atoms with Crippen molar-refractivity contribution in [2.45, 2.75) is 33.4 Å². The average Bonchev–Trinajstić information content (AvgIpc) is 2.98. The Bertz CT molecular complexity index is 852. The zero-order valence-corrected chi connectivity index (χ0v) is 16.7. The van der Waals surface area contributed by atoms with Crippen molar-refractivity contribution in [1.82, 2.24) is 19.2 Å². The minimum Gasteiger partial charge on any atom is -0.369 e. The fourth-order valence-corrected chi connectivity index (χ4v) is 3.66. The molecule has 7 nitrogen and oxygen atoms in total. The van der Waals surface area contributed by atoms with Crippen molar-refractivity contribution in [1.29, 1.82) is 0 Å². The third-order valence-electron chi connectivity index (χ3n) is 4.94. The fourth-order valence-electron chi connectivity index (χ4n) is 3.48. The number of hydrogen-bond donors (Lipinski definition) is 0. The number of carbonyl (C=O) groups is 1. The molecule has 0 aliphatic carbocycles. The average molecular weight is 392 g/mol. The van der Waals surface area contributed by atoms with Crippen molar-refractivity contribution >= 4 is 23.1 Å². The lowest BCUT2D eigenvalue weighted by atomic mass is 10.2. The first kappa shape index (κ1) is 19.6. The lowest BCUT2D eigenvalue weighted by molar-refractivity contribution is 0.0998.